The van der Waals surface area contributed by atoms with Crippen molar-refractivity contribution in [2.45, 2.75) is 0 Å². The van der Waals surface area contributed by atoms with Crippen LogP contribution in [0.25, 0.3) is 0 Å². The van der Waals surface area contributed by atoms with Gasteiger partial charge in [0.15, 0.2) is 6.79 Å². The number of hydrazone groups is 1. The summed E-state index contributed by atoms with van der Waals surface area (Å²) in [5.74, 6) is 0.266. The first-order chi connectivity index (χ1) is 13.7. The molecule has 0 bridgehead atoms. The fourth-order valence-corrected chi connectivity index (χ4v) is 2.87. The number of anilines is 1. The molecule has 1 aromatic carbocycles. The molecule has 2 aromatic rings. The first kappa shape index (κ1) is 19.8. The van der Waals surface area contributed by atoms with Crippen LogP contribution in [-0.4, -0.2) is 69.1 Å². The predicted octanol–water partition coefficient (Wildman–Crippen LogP) is 1.58. The molecule has 1 fully saturated rings. The molecule has 2 heterocycles. The van der Waals surface area contributed by atoms with Crippen LogP contribution in [0, 0.1) is 0 Å². The number of methoxy groups -OCH3 is 1. The second-order valence-corrected chi connectivity index (χ2v) is 6.48. The first-order valence-electron chi connectivity index (χ1n) is 9.11. The molecule has 0 radical (unpaired) electrons. The van der Waals surface area contributed by atoms with Crippen LogP contribution in [-0.2, 0) is 4.74 Å². The Morgan fingerprint density at radius 3 is 2.79 bits per heavy atom. The van der Waals surface area contributed by atoms with Gasteiger partial charge in [-0.1, -0.05) is 6.07 Å². The van der Waals surface area contributed by atoms with E-state index in [1.54, 1.807) is 37.7 Å². The van der Waals surface area contributed by atoms with Crippen LogP contribution >= 0.6 is 0 Å². The Kier molecular flexibility index (Phi) is 6.94. The van der Waals surface area contributed by atoms with Crippen molar-refractivity contribution in [3.63, 3.8) is 0 Å². The van der Waals surface area contributed by atoms with Crippen molar-refractivity contribution in [3.8, 4) is 5.75 Å². The molecule has 0 unspecified atom stereocenters. The van der Waals surface area contributed by atoms with Gasteiger partial charge in [0, 0.05) is 50.7 Å². The summed E-state index contributed by atoms with van der Waals surface area (Å²) in [6.07, 6.45) is 3.14. The first-order valence-corrected chi connectivity index (χ1v) is 9.11. The van der Waals surface area contributed by atoms with Gasteiger partial charge in [-0.05, 0) is 37.4 Å². The molecule has 0 saturated carbocycles. The summed E-state index contributed by atoms with van der Waals surface area (Å²) >= 11 is 0. The molecule has 28 heavy (non-hydrogen) atoms. The van der Waals surface area contributed by atoms with Gasteiger partial charge >= 0.3 is 0 Å². The number of carbonyl (C=O) groups is 1. The average Bonchev–Trinajstić information content (AvgIpc) is 2.74. The summed E-state index contributed by atoms with van der Waals surface area (Å²) in [7, 11) is 3.70. The number of amides is 1. The van der Waals surface area contributed by atoms with Gasteiger partial charge in [0.25, 0.3) is 5.91 Å². The Balaban J connectivity index is 1.74. The molecule has 0 spiro atoms. The summed E-state index contributed by atoms with van der Waals surface area (Å²) < 4.78 is 10.6. The predicted molar refractivity (Wildman–Crippen MR) is 108 cm³/mol. The van der Waals surface area contributed by atoms with E-state index in [0.29, 0.717) is 11.4 Å². The highest BCUT2D eigenvalue weighted by molar-refractivity contribution is 5.93. The van der Waals surface area contributed by atoms with E-state index in [0.717, 1.165) is 37.4 Å². The molecule has 8 heteroatoms. The Hall–Kier alpha value is -2.97. The topological polar surface area (TPSA) is 79.3 Å². The number of nitrogens with one attached hydrogen (secondary N) is 1. The Morgan fingerprint density at radius 1 is 1.25 bits per heavy atom. The molecular formula is C20H25N5O3. The molecule has 148 valence electrons. The Bertz CT molecular complexity index is 805. The van der Waals surface area contributed by atoms with Gasteiger partial charge in [-0.2, -0.15) is 5.10 Å². The van der Waals surface area contributed by atoms with Gasteiger partial charge in [-0.25, -0.2) is 5.43 Å². The normalized spacial score (nSPS) is 15.0. The van der Waals surface area contributed by atoms with Gasteiger partial charge in [0.1, 0.15) is 11.4 Å². The van der Waals surface area contributed by atoms with Crippen molar-refractivity contribution >= 4 is 17.8 Å². The van der Waals surface area contributed by atoms with Crippen LogP contribution in [0.15, 0.2) is 47.7 Å². The molecule has 1 aliphatic heterocycles. The highest BCUT2D eigenvalue weighted by Crippen LogP contribution is 2.25. The highest BCUT2D eigenvalue weighted by atomic mass is 16.7. The van der Waals surface area contributed by atoms with Crippen molar-refractivity contribution in [3.05, 3.63) is 53.9 Å². The molecule has 3 rings (SSSR count). The quantitative estimate of drug-likeness (QED) is 0.444. The van der Waals surface area contributed by atoms with Gasteiger partial charge in [0.2, 0.25) is 0 Å². The molecule has 1 aliphatic rings. The number of hydrogen-bond donors (Lipinski definition) is 1. The lowest BCUT2D eigenvalue weighted by Gasteiger charge is -2.34. The van der Waals surface area contributed by atoms with Crippen molar-refractivity contribution in [1.29, 1.82) is 0 Å². The molecule has 1 amide bonds. The van der Waals surface area contributed by atoms with E-state index in [9.17, 15) is 4.79 Å². The van der Waals surface area contributed by atoms with Gasteiger partial charge in [0.05, 0.1) is 6.21 Å². The zero-order valence-electron chi connectivity index (χ0n) is 16.2. The summed E-state index contributed by atoms with van der Waals surface area (Å²) in [5, 5.41) is 4.07. The fraction of sp³-hybridized carbons (Fsp3) is 0.350. The molecule has 0 atom stereocenters. The molecule has 8 nitrogen and oxygen atoms in total. The third-order valence-corrected chi connectivity index (χ3v) is 4.46. The maximum absolute atomic E-state index is 12.1. The lowest BCUT2D eigenvalue weighted by molar-refractivity contribution is 0.0510. The van der Waals surface area contributed by atoms with E-state index in [-0.39, 0.29) is 12.7 Å². The van der Waals surface area contributed by atoms with E-state index in [1.807, 2.05) is 18.2 Å². The third kappa shape index (κ3) is 5.28. The van der Waals surface area contributed by atoms with Crippen molar-refractivity contribution in [1.82, 2.24) is 15.3 Å². The summed E-state index contributed by atoms with van der Waals surface area (Å²) in [4.78, 5) is 20.7. The molecule has 1 saturated heterocycles. The number of benzene rings is 1. The van der Waals surface area contributed by atoms with E-state index >= 15 is 0 Å². The number of ether oxygens (including phenoxy) is 2. The smallest absolute Gasteiger partial charge is 0.289 e. The van der Waals surface area contributed by atoms with E-state index in [2.05, 4.69) is 32.4 Å². The zero-order chi connectivity index (χ0) is 19.8. The number of hydrogen-bond acceptors (Lipinski definition) is 7. The van der Waals surface area contributed by atoms with Gasteiger partial charge in [-0.15, -0.1) is 0 Å². The minimum Gasteiger partial charge on any atom is -0.467 e. The van der Waals surface area contributed by atoms with Crippen LogP contribution in [0.2, 0.25) is 0 Å². The van der Waals surface area contributed by atoms with E-state index in [4.69, 9.17) is 9.47 Å². The third-order valence-electron chi connectivity index (χ3n) is 4.46. The van der Waals surface area contributed by atoms with Crippen LogP contribution in [0.4, 0.5) is 5.69 Å². The fourth-order valence-electron chi connectivity index (χ4n) is 2.87. The van der Waals surface area contributed by atoms with Crippen molar-refractivity contribution in [2.75, 3.05) is 52.0 Å². The Morgan fingerprint density at radius 2 is 2.07 bits per heavy atom. The largest absolute Gasteiger partial charge is 0.467 e. The van der Waals surface area contributed by atoms with Gasteiger partial charge < -0.3 is 19.3 Å². The minimum absolute atomic E-state index is 0.134. The zero-order valence-corrected chi connectivity index (χ0v) is 16.2. The average molecular weight is 383 g/mol. The molecule has 0 aliphatic carbocycles. The maximum Gasteiger partial charge on any atom is 0.289 e. The molecular weight excluding hydrogens is 358 g/mol. The second kappa shape index (κ2) is 9.82. The lowest BCUT2D eigenvalue weighted by Crippen LogP contribution is -2.44. The Labute approximate surface area is 164 Å². The van der Waals surface area contributed by atoms with E-state index in [1.165, 1.54) is 0 Å². The summed E-state index contributed by atoms with van der Waals surface area (Å²) in [5.41, 5.74) is 4.66. The van der Waals surface area contributed by atoms with Gasteiger partial charge in [-0.3, -0.25) is 9.78 Å². The number of likely N-dealkylation sites (N-methyl/N-ethyl adjacent to an activating group) is 1. The SMILES string of the molecule is COCOc1ccc(N2CCN(C)CC2)cc1C=NNC(=O)c1ccccn1. The number of pyridine rings is 1. The number of aromatic nitrogens is 1. The number of carbonyl (C=O) groups excluding carboxylic acids is 1. The number of nitrogens with zero attached hydrogens (tertiary/aromatic N) is 4. The van der Waals surface area contributed by atoms with Crippen LogP contribution in [0.5, 0.6) is 5.75 Å². The second-order valence-electron chi connectivity index (χ2n) is 6.48. The minimum atomic E-state index is -0.369. The summed E-state index contributed by atoms with van der Waals surface area (Å²) in [6.45, 7) is 4.09. The van der Waals surface area contributed by atoms with Crippen molar-refractivity contribution < 1.29 is 14.3 Å². The molecule has 1 N–H and O–H groups in total. The van der Waals surface area contributed by atoms with Crippen molar-refractivity contribution in [2.24, 2.45) is 5.10 Å². The summed E-state index contributed by atoms with van der Waals surface area (Å²) in [6, 6.07) is 11.1. The monoisotopic (exact) mass is 383 g/mol. The maximum atomic E-state index is 12.1. The van der Waals surface area contributed by atoms with E-state index < -0.39 is 0 Å². The highest BCUT2D eigenvalue weighted by Gasteiger charge is 2.15. The standard InChI is InChI=1S/C20H25N5O3/c1-24-9-11-25(12-10-24)17-6-7-19(28-15-27-2)16(13-17)14-22-23-20(26)18-5-3-4-8-21-18/h3-8,13-14H,9-12,15H2,1-2H3,(H,23,26). The number of piperazine rings is 1. The van der Waals surface area contributed by atoms with Crippen LogP contribution in [0.3, 0.4) is 0 Å². The molecule has 1 aromatic heterocycles. The number of rotatable bonds is 7. The van der Waals surface area contributed by atoms with Crippen LogP contribution < -0.4 is 15.1 Å². The van der Waals surface area contributed by atoms with Crippen LogP contribution in [0.1, 0.15) is 16.1 Å². The lowest BCUT2D eigenvalue weighted by atomic mass is 10.1.